The molecule has 0 aromatic heterocycles. The Morgan fingerprint density at radius 3 is 1.81 bits per heavy atom. The van der Waals surface area contributed by atoms with Crippen LogP contribution in [0, 0.1) is 0 Å². The second kappa shape index (κ2) is 9.98. The molecule has 0 aliphatic heterocycles. The van der Waals surface area contributed by atoms with Gasteiger partial charge in [0.25, 0.3) is 0 Å². The average Bonchev–Trinajstić information content (AvgIpc) is 2.63. The molecule has 0 spiro atoms. The molecule has 0 atom stereocenters. The van der Waals surface area contributed by atoms with Gasteiger partial charge in [-0.15, -0.1) is 0 Å². The van der Waals surface area contributed by atoms with Crippen LogP contribution in [0.5, 0.6) is 0 Å². The number of hydrogen-bond donors (Lipinski definition) is 3. The number of carbonyl (C=O) groups is 3. The molecule has 26 heavy (non-hydrogen) atoms. The Balaban J connectivity index is 1.79. The summed E-state index contributed by atoms with van der Waals surface area (Å²) in [6.07, 6.45) is 1.75. The van der Waals surface area contributed by atoms with Gasteiger partial charge in [-0.25, -0.2) is 4.79 Å². The van der Waals surface area contributed by atoms with E-state index in [2.05, 4.69) is 16.0 Å². The molecule has 3 amide bonds. The number of ketones is 1. The van der Waals surface area contributed by atoms with Gasteiger partial charge in [-0.3, -0.25) is 9.59 Å². The summed E-state index contributed by atoms with van der Waals surface area (Å²) in [4.78, 5) is 35.2. The van der Waals surface area contributed by atoms with Crippen molar-refractivity contribution in [2.75, 3.05) is 16.0 Å². The molecule has 0 fully saturated rings. The van der Waals surface area contributed by atoms with E-state index in [9.17, 15) is 14.4 Å². The Morgan fingerprint density at radius 2 is 1.23 bits per heavy atom. The Hall–Kier alpha value is -3.15. The van der Waals surface area contributed by atoms with E-state index in [1.54, 1.807) is 36.4 Å². The largest absolute Gasteiger partial charge is 0.326 e. The van der Waals surface area contributed by atoms with Crippen LogP contribution in [0.2, 0.25) is 0 Å². The van der Waals surface area contributed by atoms with Crippen molar-refractivity contribution in [2.45, 2.75) is 32.6 Å². The van der Waals surface area contributed by atoms with Crippen molar-refractivity contribution in [1.82, 2.24) is 0 Å². The summed E-state index contributed by atoms with van der Waals surface area (Å²) in [6, 6.07) is 15.6. The van der Waals surface area contributed by atoms with Crippen LogP contribution >= 0.6 is 0 Å². The number of anilines is 3. The van der Waals surface area contributed by atoms with E-state index in [4.69, 9.17) is 0 Å². The standard InChI is InChI=1S/C20H23N3O3/c1-2-6-18(24)13-14-19(25)21-16-9-11-17(12-10-16)23-20(26)22-15-7-4-3-5-8-15/h3-5,7-12H,2,6,13-14H2,1H3,(H,21,25)(H2,22,23,26). The van der Waals surface area contributed by atoms with E-state index in [1.807, 2.05) is 25.1 Å². The van der Waals surface area contributed by atoms with Crippen molar-refractivity contribution in [2.24, 2.45) is 0 Å². The van der Waals surface area contributed by atoms with E-state index in [0.717, 1.165) is 6.42 Å². The molecule has 0 heterocycles. The van der Waals surface area contributed by atoms with Gasteiger partial charge in [0.1, 0.15) is 5.78 Å². The number of Topliss-reactive ketones (excluding diaryl/α,β-unsaturated/α-hetero) is 1. The summed E-state index contributed by atoms with van der Waals surface area (Å²) in [7, 11) is 0. The highest BCUT2D eigenvalue weighted by Crippen LogP contribution is 2.15. The number of nitrogens with one attached hydrogen (secondary N) is 3. The first-order valence-electron chi connectivity index (χ1n) is 8.61. The number of urea groups is 1. The highest BCUT2D eigenvalue weighted by atomic mass is 16.2. The lowest BCUT2D eigenvalue weighted by molar-refractivity contribution is -0.122. The zero-order chi connectivity index (χ0) is 18.8. The zero-order valence-electron chi connectivity index (χ0n) is 14.7. The molecule has 0 aliphatic rings. The lowest BCUT2D eigenvalue weighted by Gasteiger charge is -2.09. The molecule has 0 saturated heterocycles. The first kappa shape index (κ1) is 19.2. The number of carbonyl (C=O) groups excluding carboxylic acids is 3. The van der Waals surface area contributed by atoms with Crippen LogP contribution in [0.1, 0.15) is 32.6 Å². The van der Waals surface area contributed by atoms with E-state index < -0.39 is 0 Å². The van der Waals surface area contributed by atoms with E-state index in [-0.39, 0.29) is 30.6 Å². The van der Waals surface area contributed by atoms with Crippen molar-refractivity contribution in [3.8, 4) is 0 Å². The summed E-state index contributed by atoms with van der Waals surface area (Å²) in [5, 5.41) is 8.18. The van der Waals surface area contributed by atoms with E-state index in [1.165, 1.54) is 0 Å². The number of rotatable bonds is 8. The zero-order valence-corrected chi connectivity index (χ0v) is 14.7. The minimum Gasteiger partial charge on any atom is -0.326 e. The summed E-state index contributed by atoms with van der Waals surface area (Å²) in [5.41, 5.74) is 1.92. The smallest absolute Gasteiger partial charge is 0.323 e. The molecule has 136 valence electrons. The molecule has 0 bridgehead atoms. The molecular formula is C20H23N3O3. The van der Waals surface area contributed by atoms with Gasteiger partial charge in [0.2, 0.25) is 5.91 Å². The molecular weight excluding hydrogens is 330 g/mol. The van der Waals surface area contributed by atoms with Crippen LogP contribution in [0.3, 0.4) is 0 Å². The summed E-state index contributed by atoms with van der Waals surface area (Å²) in [5.74, 6) is -0.0939. The van der Waals surface area contributed by atoms with Gasteiger partial charge in [0.05, 0.1) is 0 Å². The van der Waals surface area contributed by atoms with Crippen molar-refractivity contribution < 1.29 is 14.4 Å². The van der Waals surface area contributed by atoms with Gasteiger partial charge in [0.15, 0.2) is 0 Å². The Bertz CT molecular complexity index is 743. The van der Waals surface area contributed by atoms with Crippen LogP contribution < -0.4 is 16.0 Å². The summed E-state index contributed by atoms with van der Waals surface area (Å²) in [6.45, 7) is 1.94. The quantitative estimate of drug-likeness (QED) is 0.656. The Kier molecular flexibility index (Phi) is 7.36. The first-order valence-corrected chi connectivity index (χ1v) is 8.61. The third-order valence-corrected chi connectivity index (χ3v) is 3.62. The normalized spacial score (nSPS) is 10.0. The van der Waals surface area contributed by atoms with Gasteiger partial charge < -0.3 is 16.0 Å². The van der Waals surface area contributed by atoms with Crippen molar-refractivity contribution in [1.29, 1.82) is 0 Å². The lowest BCUT2D eigenvalue weighted by atomic mass is 10.1. The van der Waals surface area contributed by atoms with Crippen LogP contribution in [-0.2, 0) is 9.59 Å². The Morgan fingerprint density at radius 1 is 0.692 bits per heavy atom. The summed E-state index contributed by atoms with van der Waals surface area (Å²) < 4.78 is 0. The third-order valence-electron chi connectivity index (χ3n) is 3.62. The molecule has 6 heteroatoms. The predicted molar refractivity (Wildman–Crippen MR) is 103 cm³/mol. The number of amides is 3. The van der Waals surface area contributed by atoms with Crippen molar-refractivity contribution in [3.05, 3.63) is 54.6 Å². The molecule has 3 N–H and O–H groups in total. The second-order valence-electron chi connectivity index (χ2n) is 5.86. The molecule has 0 unspecified atom stereocenters. The van der Waals surface area contributed by atoms with Crippen LogP contribution in [0.15, 0.2) is 54.6 Å². The average molecular weight is 353 g/mol. The molecule has 6 nitrogen and oxygen atoms in total. The highest BCUT2D eigenvalue weighted by Gasteiger charge is 2.07. The highest BCUT2D eigenvalue weighted by molar-refractivity contribution is 6.00. The van der Waals surface area contributed by atoms with Crippen LogP contribution in [-0.4, -0.2) is 17.7 Å². The SMILES string of the molecule is CCCC(=O)CCC(=O)Nc1ccc(NC(=O)Nc2ccccc2)cc1. The molecule has 0 radical (unpaired) electrons. The Labute approximate surface area is 153 Å². The van der Waals surface area contributed by atoms with Gasteiger partial charge in [0, 0.05) is 36.3 Å². The molecule has 0 aliphatic carbocycles. The lowest BCUT2D eigenvalue weighted by Crippen LogP contribution is -2.19. The monoisotopic (exact) mass is 353 g/mol. The third kappa shape index (κ3) is 6.76. The molecule has 0 saturated carbocycles. The predicted octanol–water partition coefficient (Wildman–Crippen LogP) is 4.42. The van der Waals surface area contributed by atoms with Crippen molar-refractivity contribution in [3.63, 3.8) is 0 Å². The summed E-state index contributed by atoms with van der Waals surface area (Å²) >= 11 is 0. The van der Waals surface area contributed by atoms with Gasteiger partial charge in [-0.1, -0.05) is 25.1 Å². The van der Waals surface area contributed by atoms with Gasteiger partial charge >= 0.3 is 6.03 Å². The topological polar surface area (TPSA) is 87.3 Å². The van der Waals surface area contributed by atoms with Crippen LogP contribution in [0.4, 0.5) is 21.9 Å². The fourth-order valence-electron chi connectivity index (χ4n) is 2.33. The first-order chi connectivity index (χ1) is 12.6. The fraction of sp³-hybridized carbons (Fsp3) is 0.250. The molecule has 2 aromatic rings. The fourth-order valence-corrected chi connectivity index (χ4v) is 2.33. The molecule has 2 aromatic carbocycles. The number of hydrogen-bond acceptors (Lipinski definition) is 3. The van der Waals surface area contributed by atoms with E-state index in [0.29, 0.717) is 23.5 Å². The van der Waals surface area contributed by atoms with Gasteiger partial charge in [-0.2, -0.15) is 0 Å². The maximum Gasteiger partial charge on any atom is 0.323 e. The minimum atomic E-state index is -0.345. The maximum atomic E-state index is 11.9. The maximum absolute atomic E-state index is 11.9. The number of para-hydroxylation sites is 1. The van der Waals surface area contributed by atoms with Crippen molar-refractivity contribution >= 4 is 34.8 Å². The number of benzene rings is 2. The minimum absolute atomic E-state index is 0.103. The van der Waals surface area contributed by atoms with Crippen LogP contribution in [0.25, 0.3) is 0 Å². The van der Waals surface area contributed by atoms with E-state index >= 15 is 0 Å². The molecule has 2 rings (SSSR count). The van der Waals surface area contributed by atoms with Gasteiger partial charge in [-0.05, 0) is 42.8 Å². The second-order valence-corrected chi connectivity index (χ2v) is 5.86.